The molecule has 1 aromatic heterocycles. The predicted octanol–water partition coefficient (Wildman–Crippen LogP) is 5.22. The molecule has 0 amide bonds. The highest BCUT2D eigenvalue weighted by Crippen LogP contribution is 2.28. The summed E-state index contributed by atoms with van der Waals surface area (Å²) in [7, 11) is 0. The standard InChI is InChI=1S/C14H23BrO2/c1-2-3-4-5-6-7-8-9-13(16)14-12(15)10-11-17-14/h10-11,13,16H,2-9H2,1H3. The lowest BCUT2D eigenvalue weighted by atomic mass is 10.1. The fraction of sp³-hybridized carbons (Fsp3) is 0.714. The highest BCUT2D eigenvalue weighted by molar-refractivity contribution is 9.10. The second-order valence-electron chi connectivity index (χ2n) is 4.56. The SMILES string of the molecule is CCCCCCCCCC(O)c1occc1Br. The lowest BCUT2D eigenvalue weighted by Crippen LogP contribution is -1.96. The Morgan fingerprint density at radius 1 is 1.18 bits per heavy atom. The van der Waals surface area contributed by atoms with Crippen molar-refractivity contribution < 1.29 is 9.52 Å². The third-order valence-corrected chi connectivity index (χ3v) is 3.68. The molecule has 1 heterocycles. The quantitative estimate of drug-likeness (QED) is 0.635. The highest BCUT2D eigenvalue weighted by Gasteiger charge is 2.13. The summed E-state index contributed by atoms with van der Waals surface area (Å²) in [6.07, 6.45) is 10.8. The Kier molecular flexibility index (Phi) is 7.62. The van der Waals surface area contributed by atoms with E-state index in [1.54, 1.807) is 6.26 Å². The number of aliphatic hydroxyl groups is 1. The normalized spacial score (nSPS) is 12.9. The molecule has 1 atom stereocenters. The largest absolute Gasteiger partial charge is 0.465 e. The Morgan fingerprint density at radius 3 is 2.41 bits per heavy atom. The Hall–Kier alpha value is -0.280. The summed E-state index contributed by atoms with van der Waals surface area (Å²) in [5.74, 6) is 0.663. The van der Waals surface area contributed by atoms with E-state index in [0.29, 0.717) is 5.76 Å². The van der Waals surface area contributed by atoms with Crippen molar-refractivity contribution in [3.63, 3.8) is 0 Å². The first kappa shape index (κ1) is 14.8. The molecule has 0 aliphatic carbocycles. The molecule has 0 bridgehead atoms. The lowest BCUT2D eigenvalue weighted by molar-refractivity contribution is 0.135. The van der Waals surface area contributed by atoms with Crippen LogP contribution in [0, 0.1) is 0 Å². The van der Waals surface area contributed by atoms with Gasteiger partial charge in [-0.15, -0.1) is 0 Å². The van der Waals surface area contributed by atoms with E-state index in [0.717, 1.165) is 17.3 Å². The summed E-state index contributed by atoms with van der Waals surface area (Å²) in [6, 6.07) is 1.82. The molecule has 1 aromatic rings. The van der Waals surface area contributed by atoms with Crippen LogP contribution in [0.15, 0.2) is 21.2 Å². The topological polar surface area (TPSA) is 33.4 Å². The number of hydrogen-bond donors (Lipinski definition) is 1. The van der Waals surface area contributed by atoms with Crippen LogP contribution in [0.4, 0.5) is 0 Å². The smallest absolute Gasteiger partial charge is 0.146 e. The van der Waals surface area contributed by atoms with Crippen molar-refractivity contribution >= 4 is 15.9 Å². The second-order valence-corrected chi connectivity index (χ2v) is 5.41. The molecule has 1 N–H and O–H groups in total. The van der Waals surface area contributed by atoms with E-state index in [2.05, 4.69) is 22.9 Å². The number of furan rings is 1. The Labute approximate surface area is 113 Å². The summed E-state index contributed by atoms with van der Waals surface area (Å²) >= 11 is 3.36. The van der Waals surface area contributed by atoms with Gasteiger partial charge in [-0.3, -0.25) is 0 Å². The second kappa shape index (κ2) is 8.76. The van der Waals surface area contributed by atoms with Crippen molar-refractivity contribution in [3.05, 3.63) is 22.6 Å². The predicted molar refractivity (Wildman–Crippen MR) is 74.0 cm³/mol. The number of rotatable bonds is 9. The van der Waals surface area contributed by atoms with E-state index in [9.17, 15) is 5.11 Å². The van der Waals surface area contributed by atoms with Gasteiger partial charge in [0.1, 0.15) is 11.9 Å². The lowest BCUT2D eigenvalue weighted by Gasteiger charge is -2.08. The average molecular weight is 303 g/mol. The Morgan fingerprint density at radius 2 is 1.82 bits per heavy atom. The highest BCUT2D eigenvalue weighted by atomic mass is 79.9. The molecule has 17 heavy (non-hydrogen) atoms. The first-order valence-corrected chi connectivity index (χ1v) is 7.46. The fourth-order valence-electron chi connectivity index (χ4n) is 1.97. The van der Waals surface area contributed by atoms with E-state index in [1.165, 1.54) is 38.5 Å². The molecule has 1 unspecified atom stereocenters. The van der Waals surface area contributed by atoms with Gasteiger partial charge in [0.25, 0.3) is 0 Å². The summed E-state index contributed by atoms with van der Waals surface area (Å²) in [5.41, 5.74) is 0. The summed E-state index contributed by atoms with van der Waals surface area (Å²) in [4.78, 5) is 0. The van der Waals surface area contributed by atoms with Crippen molar-refractivity contribution in [1.29, 1.82) is 0 Å². The van der Waals surface area contributed by atoms with E-state index < -0.39 is 6.10 Å². The van der Waals surface area contributed by atoms with Gasteiger partial charge in [-0.05, 0) is 28.4 Å². The zero-order chi connectivity index (χ0) is 12.5. The fourth-order valence-corrected chi connectivity index (χ4v) is 2.43. The maximum Gasteiger partial charge on any atom is 0.146 e. The molecule has 0 fully saturated rings. The van der Waals surface area contributed by atoms with Crippen LogP contribution in [0.2, 0.25) is 0 Å². The molecule has 0 aliphatic rings. The maximum absolute atomic E-state index is 9.91. The van der Waals surface area contributed by atoms with Gasteiger partial charge in [-0.25, -0.2) is 0 Å². The minimum absolute atomic E-state index is 0.463. The monoisotopic (exact) mass is 302 g/mol. The molecular formula is C14H23BrO2. The third-order valence-electron chi connectivity index (χ3n) is 3.03. The average Bonchev–Trinajstić information content (AvgIpc) is 2.74. The molecule has 0 saturated carbocycles. The van der Waals surface area contributed by atoms with Crippen LogP contribution in [0.25, 0.3) is 0 Å². The minimum Gasteiger partial charge on any atom is -0.465 e. The van der Waals surface area contributed by atoms with Crippen LogP contribution >= 0.6 is 15.9 Å². The van der Waals surface area contributed by atoms with Gasteiger partial charge in [0, 0.05) is 0 Å². The Bertz CT molecular complexity index is 296. The van der Waals surface area contributed by atoms with Crippen molar-refractivity contribution in [2.75, 3.05) is 0 Å². The van der Waals surface area contributed by atoms with Gasteiger partial charge in [-0.2, -0.15) is 0 Å². The Balaban J connectivity index is 2.05. The maximum atomic E-state index is 9.91. The van der Waals surface area contributed by atoms with Crippen LogP contribution in [0.5, 0.6) is 0 Å². The van der Waals surface area contributed by atoms with E-state index in [4.69, 9.17) is 4.42 Å². The van der Waals surface area contributed by atoms with Gasteiger partial charge in [0.2, 0.25) is 0 Å². The zero-order valence-corrected chi connectivity index (χ0v) is 12.2. The van der Waals surface area contributed by atoms with Gasteiger partial charge in [-0.1, -0.05) is 51.9 Å². The van der Waals surface area contributed by atoms with Crippen molar-refractivity contribution in [2.24, 2.45) is 0 Å². The minimum atomic E-state index is -0.463. The van der Waals surface area contributed by atoms with Crippen molar-refractivity contribution in [3.8, 4) is 0 Å². The molecule has 2 nitrogen and oxygen atoms in total. The van der Waals surface area contributed by atoms with Crippen molar-refractivity contribution in [2.45, 2.75) is 64.4 Å². The first-order chi connectivity index (χ1) is 8.25. The molecule has 0 radical (unpaired) electrons. The van der Waals surface area contributed by atoms with Crippen molar-refractivity contribution in [1.82, 2.24) is 0 Å². The molecule has 0 spiro atoms. The van der Waals surface area contributed by atoms with Gasteiger partial charge in [0.15, 0.2) is 0 Å². The molecule has 98 valence electrons. The van der Waals surface area contributed by atoms with Crippen LogP contribution in [-0.4, -0.2) is 5.11 Å². The van der Waals surface area contributed by atoms with Crippen LogP contribution in [0.3, 0.4) is 0 Å². The number of unbranched alkanes of at least 4 members (excludes halogenated alkanes) is 6. The molecule has 0 saturated heterocycles. The summed E-state index contributed by atoms with van der Waals surface area (Å²) in [5, 5.41) is 9.91. The van der Waals surface area contributed by atoms with Crippen LogP contribution in [-0.2, 0) is 0 Å². The number of hydrogen-bond acceptors (Lipinski definition) is 2. The molecule has 3 heteroatoms. The van der Waals surface area contributed by atoms with E-state index >= 15 is 0 Å². The molecule has 0 aromatic carbocycles. The number of aliphatic hydroxyl groups excluding tert-OH is 1. The van der Waals surface area contributed by atoms with E-state index in [1.807, 2.05) is 6.07 Å². The molecule has 1 rings (SSSR count). The van der Waals surface area contributed by atoms with Gasteiger partial charge < -0.3 is 9.52 Å². The van der Waals surface area contributed by atoms with Crippen LogP contribution in [0.1, 0.15) is 70.2 Å². The molecular weight excluding hydrogens is 280 g/mol. The third kappa shape index (κ3) is 5.73. The summed E-state index contributed by atoms with van der Waals surface area (Å²) in [6.45, 7) is 2.23. The van der Waals surface area contributed by atoms with Gasteiger partial charge in [0.05, 0.1) is 10.7 Å². The molecule has 0 aliphatic heterocycles. The first-order valence-electron chi connectivity index (χ1n) is 6.66. The van der Waals surface area contributed by atoms with E-state index in [-0.39, 0.29) is 0 Å². The number of halogens is 1. The van der Waals surface area contributed by atoms with Crippen LogP contribution < -0.4 is 0 Å². The zero-order valence-electron chi connectivity index (χ0n) is 10.6. The summed E-state index contributed by atoms with van der Waals surface area (Å²) < 4.78 is 6.11. The van der Waals surface area contributed by atoms with Gasteiger partial charge >= 0.3 is 0 Å².